The van der Waals surface area contributed by atoms with Gasteiger partial charge in [-0.3, -0.25) is 9.69 Å². The normalized spacial score (nSPS) is 22.5. The molecule has 23 heavy (non-hydrogen) atoms. The van der Waals surface area contributed by atoms with Crippen molar-refractivity contribution in [2.75, 3.05) is 39.9 Å². The first-order valence-electron chi connectivity index (χ1n) is 7.58. The number of nitrogens with zero attached hydrogens (tertiary/aromatic N) is 2. The highest BCUT2D eigenvalue weighted by Gasteiger charge is 2.38. The number of rotatable bonds is 4. The third kappa shape index (κ3) is 3.65. The number of ether oxygens (including phenoxy) is 2. The fourth-order valence-electron chi connectivity index (χ4n) is 2.88. The second kappa shape index (κ2) is 6.86. The summed E-state index contributed by atoms with van der Waals surface area (Å²) in [5, 5.41) is 0.580. The summed E-state index contributed by atoms with van der Waals surface area (Å²) in [5.74, 6) is -0.278. The molecule has 7 heteroatoms. The van der Waals surface area contributed by atoms with Crippen molar-refractivity contribution in [3.05, 3.63) is 34.9 Å². The predicted molar refractivity (Wildman–Crippen MR) is 84.1 cm³/mol. The van der Waals surface area contributed by atoms with E-state index in [0.717, 1.165) is 5.56 Å². The van der Waals surface area contributed by atoms with Crippen molar-refractivity contribution in [1.29, 1.82) is 0 Å². The zero-order valence-electron chi connectivity index (χ0n) is 12.9. The van der Waals surface area contributed by atoms with Crippen LogP contribution in [0.25, 0.3) is 0 Å². The summed E-state index contributed by atoms with van der Waals surface area (Å²) in [7, 11) is 1.38. The number of hydrogen-bond donors (Lipinski definition) is 0. The van der Waals surface area contributed by atoms with Crippen molar-refractivity contribution in [2.24, 2.45) is 0 Å². The molecule has 1 amide bonds. The number of methoxy groups -OCH3 is 1. The molecule has 1 aromatic carbocycles. The van der Waals surface area contributed by atoms with Crippen molar-refractivity contribution >= 4 is 23.5 Å². The number of halogens is 1. The summed E-state index contributed by atoms with van der Waals surface area (Å²) in [6, 6.07) is 6.72. The Balaban J connectivity index is 1.71. The smallest absolute Gasteiger partial charge is 0.327 e. The number of esters is 1. The van der Waals surface area contributed by atoms with Crippen LogP contribution < -0.4 is 0 Å². The van der Waals surface area contributed by atoms with Crippen molar-refractivity contribution in [1.82, 2.24) is 9.80 Å². The molecule has 2 unspecified atom stereocenters. The quantitative estimate of drug-likeness (QED) is 0.607. The lowest BCUT2D eigenvalue weighted by molar-refractivity contribution is -0.148. The average Bonchev–Trinajstić information content (AvgIpc) is 3.40. The third-order valence-corrected chi connectivity index (χ3v) is 4.42. The zero-order chi connectivity index (χ0) is 16.4. The van der Waals surface area contributed by atoms with Crippen LogP contribution in [0.15, 0.2) is 24.3 Å². The lowest BCUT2D eigenvalue weighted by atomic mass is 10.0. The van der Waals surface area contributed by atoms with Crippen LogP contribution in [-0.4, -0.2) is 67.7 Å². The summed E-state index contributed by atoms with van der Waals surface area (Å²) in [6.07, 6.45) is -0.258. The van der Waals surface area contributed by atoms with Gasteiger partial charge in [0.05, 0.1) is 13.7 Å². The van der Waals surface area contributed by atoms with Crippen LogP contribution in [0.2, 0.25) is 5.02 Å². The average molecular weight is 339 g/mol. The maximum Gasteiger partial charge on any atom is 0.327 e. The SMILES string of the molecule is COC(=O)C(c1cccc(Cl)c1)N1CCN(C(=O)C2CO2)CC1. The van der Waals surface area contributed by atoms with Crippen molar-refractivity contribution in [3.63, 3.8) is 0 Å². The van der Waals surface area contributed by atoms with E-state index in [1.54, 1.807) is 17.0 Å². The summed E-state index contributed by atoms with van der Waals surface area (Å²) in [6.45, 7) is 2.88. The van der Waals surface area contributed by atoms with E-state index in [0.29, 0.717) is 37.8 Å². The van der Waals surface area contributed by atoms with E-state index >= 15 is 0 Å². The van der Waals surface area contributed by atoms with Crippen molar-refractivity contribution in [2.45, 2.75) is 12.1 Å². The molecular weight excluding hydrogens is 320 g/mol. The fraction of sp³-hybridized carbons (Fsp3) is 0.500. The van der Waals surface area contributed by atoms with Gasteiger partial charge >= 0.3 is 5.97 Å². The Kier molecular flexibility index (Phi) is 4.84. The lowest BCUT2D eigenvalue weighted by Crippen LogP contribution is -2.52. The van der Waals surface area contributed by atoms with Crippen LogP contribution >= 0.6 is 11.6 Å². The van der Waals surface area contributed by atoms with Gasteiger partial charge in [0.15, 0.2) is 6.10 Å². The molecule has 0 N–H and O–H groups in total. The van der Waals surface area contributed by atoms with Gasteiger partial charge in [-0.25, -0.2) is 4.79 Å². The molecule has 0 bridgehead atoms. The number of carbonyl (C=O) groups is 2. The molecule has 2 fully saturated rings. The first-order chi connectivity index (χ1) is 11.1. The maximum atomic E-state index is 12.2. The Morgan fingerprint density at radius 1 is 1.30 bits per heavy atom. The van der Waals surface area contributed by atoms with Crippen LogP contribution in [0.1, 0.15) is 11.6 Å². The summed E-state index contributed by atoms with van der Waals surface area (Å²) >= 11 is 6.04. The number of piperazine rings is 1. The van der Waals surface area contributed by atoms with E-state index in [-0.39, 0.29) is 18.0 Å². The van der Waals surface area contributed by atoms with Crippen LogP contribution in [0.4, 0.5) is 0 Å². The fourth-order valence-corrected chi connectivity index (χ4v) is 3.08. The van der Waals surface area contributed by atoms with Gasteiger partial charge in [0.1, 0.15) is 6.04 Å². The molecule has 0 aromatic heterocycles. The summed E-state index contributed by atoms with van der Waals surface area (Å²) in [5.41, 5.74) is 0.801. The zero-order valence-corrected chi connectivity index (χ0v) is 13.7. The molecule has 0 saturated carbocycles. The molecule has 6 nitrogen and oxygen atoms in total. The maximum absolute atomic E-state index is 12.2. The standard InChI is InChI=1S/C16H19ClN2O4/c1-22-16(21)14(11-3-2-4-12(17)9-11)18-5-7-19(8-6-18)15(20)13-10-23-13/h2-4,9,13-14H,5-8,10H2,1H3. The van der Waals surface area contributed by atoms with Crippen LogP contribution in [0, 0.1) is 0 Å². The molecule has 124 valence electrons. The minimum Gasteiger partial charge on any atom is -0.468 e. The van der Waals surface area contributed by atoms with E-state index in [1.165, 1.54) is 7.11 Å². The molecule has 2 heterocycles. The van der Waals surface area contributed by atoms with Gasteiger partial charge in [-0.05, 0) is 17.7 Å². The molecule has 2 aliphatic heterocycles. The molecule has 0 aliphatic carbocycles. The highest BCUT2D eigenvalue weighted by molar-refractivity contribution is 6.30. The second-order valence-electron chi connectivity index (χ2n) is 5.66. The first-order valence-corrected chi connectivity index (χ1v) is 7.95. The van der Waals surface area contributed by atoms with Crippen LogP contribution in [0.5, 0.6) is 0 Å². The van der Waals surface area contributed by atoms with Gasteiger partial charge < -0.3 is 14.4 Å². The van der Waals surface area contributed by atoms with E-state index in [4.69, 9.17) is 21.1 Å². The molecular formula is C16H19ClN2O4. The Bertz CT molecular complexity index is 597. The van der Waals surface area contributed by atoms with Gasteiger partial charge in [0.25, 0.3) is 5.91 Å². The number of hydrogen-bond acceptors (Lipinski definition) is 5. The van der Waals surface area contributed by atoms with E-state index in [2.05, 4.69) is 0 Å². The van der Waals surface area contributed by atoms with Gasteiger partial charge in [0, 0.05) is 31.2 Å². The van der Waals surface area contributed by atoms with Crippen LogP contribution in [-0.2, 0) is 19.1 Å². The highest BCUT2D eigenvalue weighted by atomic mass is 35.5. The monoisotopic (exact) mass is 338 g/mol. The number of epoxide rings is 1. The molecule has 2 aliphatic rings. The molecule has 2 saturated heterocycles. The summed E-state index contributed by atoms with van der Waals surface area (Å²) < 4.78 is 10.0. The minimum atomic E-state index is -0.506. The molecule has 1 aromatic rings. The first kappa shape index (κ1) is 16.2. The Morgan fingerprint density at radius 3 is 2.57 bits per heavy atom. The third-order valence-electron chi connectivity index (χ3n) is 4.19. The minimum absolute atomic E-state index is 0.0435. The molecule has 0 spiro atoms. The van der Waals surface area contributed by atoms with Gasteiger partial charge in [-0.2, -0.15) is 0 Å². The van der Waals surface area contributed by atoms with Gasteiger partial charge in [0.2, 0.25) is 0 Å². The van der Waals surface area contributed by atoms with Gasteiger partial charge in [-0.1, -0.05) is 23.7 Å². The topological polar surface area (TPSA) is 62.4 Å². The molecule has 2 atom stereocenters. The molecule has 0 radical (unpaired) electrons. The summed E-state index contributed by atoms with van der Waals surface area (Å²) in [4.78, 5) is 28.1. The van der Waals surface area contributed by atoms with Crippen molar-refractivity contribution in [3.8, 4) is 0 Å². The Hall–Kier alpha value is -1.63. The Labute approximate surface area is 139 Å². The largest absolute Gasteiger partial charge is 0.468 e. The predicted octanol–water partition coefficient (Wildman–Crippen LogP) is 1.10. The number of carbonyl (C=O) groups excluding carboxylic acids is 2. The number of benzene rings is 1. The second-order valence-corrected chi connectivity index (χ2v) is 6.10. The highest BCUT2D eigenvalue weighted by Crippen LogP contribution is 2.26. The lowest BCUT2D eigenvalue weighted by Gasteiger charge is -2.38. The van der Waals surface area contributed by atoms with E-state index < -0.39 is 6.04 Å². The molecule has 3 rings (SSSR count). The van der Waals surface area contributed by atoms with Crippen molar-refractivity contribution < 1.29 is 19.1 Å². The van der Waals surface area contributed by atoms with Gasteiger partial charge in [-0.15, -0.1) is 0 Å². The number of amides is 1. The van der Waals surface area contributed by atoms with E-state index in [9.17, 15) is 9.59 Å². The Morgan fingerprint density at radius 2 is 2.00 bits per heavy atom. The van der Waals surface area contributed by atoms with Crippen LogP contribution in [0.3, 0.4) is 0 Å². The van der Waals surface area contributed by atoms with E-state index in [1.807, 2.05) is 17.0 Å².